The van der Waals surface area contributed by atoms with Gasteiger partial charge in [0.2, 0.25) is 54.6 Å². The third-order valence-corrected chi connectivity index (χ3v) is 18.5. The first kappa shape index (κ1) is 83.8. The van der Waals surface area contributed by atoms with Gasteiger partial charge < -0.3 is 88.8 Å². The summed E-state index contributed by atoms with van der Waals surface area (Å²) < 4.78 is 13.8. The van der Waals surface area contributed by atoms with Crippen LogP contribution in [0.5, 0.6) is 5.75 Å². The number of hydrogen-bond acceptors (Lipinski definition) is 21. The molecule has 1 aliphatic rings. The zero-order chi connectivity index (χ0) is 72.2. The molecule has 1 aromatic heterocycles. The fraction of sp³-hybridized carbons (Fsp3) is 0.508. The van der Waals surface area contributed by atoms with E-state index in [-0.39, 0.29) is 120 Å². The van der Waals surface area contributed by atoms with E-state index < -0.39 is 158 Å². The minimum absolute atomic E-state index is 0. The van der Waals surface area contributed by atoms with Crippen LogP contribution < -0.4 is 48.3 Å². The van der Waals surface area contributed by atoms with E-state index in [9.17, 15) is 92.8 Å². The molecule has 0 spiro atoms. The van der Waals surface area contributed by atoms with Crippen molar-refractivity contribution in [2.75, 3.05) is 82.9 Å². The van der Waals surface area contributed by atoms with Crippen molar-refractivity contribution in [1.82, 2.24) is 62.2 Å². The van der Waals surface area contributed by atoms with Crippen molar-refractivity contribution in [2.45, 2.75) is 119 Å². The Hall–Kier alpha value is -7.66. The summed E-state index contributed by atoms with van der Waals surface area (Å²) in [6, 6.07) is 8.41. The first-order chi connectivity index (χ1) is 46.5. The average molecular weight is 1490 g/mol. The van der Waals surface area contributed by atoms with Crippen LogP contribution in [0.1, 0.15) is 56.2 Å². The average Bonchev–Trinajstić information content (AvgIpc) is 1.79. The molecule has 1 aliphatic heterocycles. The first-order valence-electron chi connectivity index (χ1n) is 31.7. The van der Waals surface area contributed by atoms with Gasteiger partial charge in [0.1, 0.15) is 48.0 Å². The Bertz CT molecular complexity index is 3390. The standard InChI is InChI=1S/C63H90N13O19PS2.Cu/c1-37(77)54(62(91)71-50(35-98)61(90)73-55(38(2)78)63(92)93)72-56(85)45(14-8-9-20-64)67-59(88)48(30-41-31-65-44-13-7-6-12-43(41)44)69-58(87)47(29-40-15-17-42(79)18-16-40)68-60(89)49(34-97)70-57(86)46(28-39-10-4-3-5-11-39)66-51(80)19-27-96(94,95)36-76-25-23-74(32-52(81)82)21-22-75(24-26-76)33-53(83)84;/h3-7,10-13,15-18,31,37-38,45-50,54-55,65,77-79,97-98H,8-9,14,19-30,32-36,64H2,1-2H3,(H,66,80)(H,67,88)(H,68,89)(H,69,87)(H,70,86)(H,71,91)(H,72,85)(H,73,90)(H,81,82)(H,83,84)(H,92,93)(H,94,95);/q;+2/t37-,38-,45+,46+,47+,48+,49+,50+,54+,55+;/m1./s1/i;1+0. The van der Waals surface area contributed by atoms with Gasteiger partial charge in [0.15, 0.2) is 6.04 Å². The summed E-state index contributed by atoms with van der Waals surface area (Å²) in [5.41, 5.74) is 7.94. The largest absolute Gasteiger partial charge is 2.00 e. The van der Waals surface area contributed by atoms with Gasteiger partial charge in [-0.1, -0.05) is 60.7 Å². The van der Waals surface area contributed by atoms with Crippen molar-refractivity contribution < 1.29 is 110 Å². The van der Waals surface area contributed by atoms with Gasteiger partial charge in [0.25, 0.3) is 0 Å². The quantitative estimate of drug-likeness (QED) is 0.00937. The molecule has 32 nitrogen and oxygen atoms in total. The van der Waals surface area contributed by atoms with Crippen LogP contribution in [-0.4, -0.2) is 264 Å². The summed E-state index contributed by atoms with van der Waals surface area (Å²) in [7, 11) is -4.17. The van der Waals surface area contributed by atoms with Gasteiger partial charge in [0.05, 0.1) is 31.6 Å². The number of thiol groups is 2. The molecule has 1 fully saturated rings. The molecule has 4 aromatic rings. The number of carboxylic acids is 3. The molecule has 8 amide bonds. The molecule has 1 saturated heterocycles. The molecule has 11 atom stereocenters. The van der Waals surface area contributed by atoms with E-state index >= 15 is 0 Å². The number of aromatic amines is 1. The van der Waals surface area contributed by atoms with Crippen LogP contribution in [0.2, 0.25) is 0 Å². The van der Waals surface area contributed by atoms with E-state index in [1.54, 1.807) is 75.5 Å². The van der Waals surface area contributed by atoms with E-state index in [0.717, 1.165) is 13.8 Å². The first-order valence-corrected chi connectivity index (χ1v) is 35.0. The minimum Gasteiger partial charge on any atom is -0.508 e. The Labute approximate surface area is 593 Å². The van der Waals surface area contributed by atoms with E-state index in [0.29, 0.717) is 34.0 Å². The summed E-state index contributed by atoms with van der Waals surface area (Å²) in [5, 5.41) is 80.1. The number of aromatic hydroxyl groups is 1. The van der Waals surface area contributed by atoms with E-state index in [4.69, 9.17) is 5.73 Å². The molecule has 0 bridgehead atoms. The molecule has 0 saturated carbocycles. The summed E-state index contributed by atoms with van der Waals surface area (Å²) in [6.07, 6.45) is -3.30. The van der Waals surface area contributed by atoms with E-state index in [2.05, 4.69) is 72.8 Å². The molecule has 36 heteroatoms. The van der Waals surface area contributed by atoms with Crippen LogP contribution in [0.25, 0.3) is 10.9 Å². The summed E-state index contributed by atoms with van der Waals surface area (Å²) in [4.78, 5) is 168. The number of carbonyl (C=O) groups excluding carboxylic acids is 8. The third-order valence-electron chi connectivity index (χ3n) is 16.0. The number of carboxylic acid groups (broad SMARTS) is 3. The van der Waals surface area contributed by atoms with Gasteiger partial charge in [0, 0.05) is 99.7 Å². The molecule has 1 unspecified atom stereocenters. The van der Waals surface area contributed by atoms with Gasteiger partial charge in [-0.2, -0.15) is 25.3 Å². The monoisotopic (exact) mass is 1490 g/mol. The number of aliphatic hydroxyl groups is 2. The maximum Gasteiger partial charge on any atom is 2.00 e. The number of H-pyrrole nitrogens is 1. The van der Waals surface area contributed by atoms with Crippen molar-refractivity contribution in [1.29, 1.82) is 0 Å². The van der Waals surface area contributed by atoms with Crippen LogP contribution in [0.4, 0.5) is 0 Å². The molecule has 18 N–H and O–H groups in total. The third kappa shape index (κ3) is 28.5. The molecule has 547 valence electrons. The second-order valence-corrected chi connectivity index (χ2v) is 27.1. The molecule has 1 radical (unpaired) electrons. The van der Waals surface area contributed by atoms with Gasteiger partial charge in [-0.25, -0.2) is 4.79 Å². The molecule has 2 heterocycles. The van der Waals surface area contributed by atoms with Crippen molar-refractivity contribution in [3.63, 3.8) is 0 Å². The van der Waals surface area contributed by atoms with Gasteiger partial charge in [-0.15, -0.1) is 0 Å². The zero-order valence-electron chi connectivity index (χ0n) is 54.6. The molecular weight excluding hydrogens is 1400 g/mol. The van der Waals surface area contributed by atoms with Crippen molar-refractivity contribution in [2.24, 2.45) is 5.73 Å². The fourth-order valence-corrected chi connectivity index (χ4v) is 12.7. The number of nitrogens with one attached hydrogen (secondary N) is 9. The maximum absolute atomic E-state index is 15.0. The zero-order valence-corrected chi connectivity index (χ0v) is 58.2. The number of unbranched alkanes of at least 4 members (excludes halogenated alkanes) is 1. The number of aliphatic hydroxyl groups excluding tert-OH is 2. The van der Waals surface area contributed by atoms with Crippen LogP contribution >= 0.6 is 32.6 Å². The van der Waals surface area contributed by atoms with Crippen LogP contribution in [0.3, 0.4) is 0 Å². The number of nitrogens with zero attached hydrogens (tertiary/aromatic N) is 3. The summed E-state index contributed by atoms with van der Waals surface area (Å²) in [6.45, 7) is 2.95. The second kappa shape index (κ2) is 41.8. The molecule has 5 rings (SSSR count). The number of phenols is 1. The molecule has 3 aromatic carbocycles. The number of aromatic nitrogens is 1. The topological polar surface area (TPSA) is 494 Å². The van der Waals surface area contributed by atoms with Crippen LogP contribution in [0.15, 0.2) is 85.1 Å². The maximum atomic E-state index is 15.0. The Morgan fingerprint density at radius 1 is 0.545 bits per heavy atom. The number of aliphatic carboxylic acids is 3. The molecule has 99 heavy (non-hydrogen) atoms. The number of para-hydroxylation sites is 1. The molecule has 0 aliphatic carbocycles. The number of amides is 8. The normalized spacial score (nSPS) is 16.7. The van der Waals surface area contributed by atoms with Gasteiger partial charge >= 0.3 is 35.0 Å². The van der Waals surface area contributed by atoms with Crippen LogP contribution in [0, 0.1) is 0 Å². The number of fused-ring (bicyclic) bond motifs is 1. The smallest absolute Gasteiger partial charge is 0.508 e. The Morgan fingerprint density at radius 2 is 0.980 bits per heavy atom. The number of benzene rings is 3. The van der Waals surface area contributed by atoms with Crippen molar-refractivity contribution in [3.05, 3.63) is 102 Å². The van der Waals surface area contributed by atoms with E-state index in [1.807, 2.05) is 0 Å². The predicted octanol–water partition coefficient (Wildman–Crippen LogP) is -2.68. The SMILES string of the molecule is C[C@@H](O)[C@H](NC(=O)[C@H](CS)NC(=O)[C@@H](NC(=O)[C@H](CCCCN)NC(=O)[C@H](Cc1c[nH]c2ccccc12)NC(=O)[C@H](Cc1ccc(O)cc1)NC(=O)[C@H](CS)NC(=O)[C@H](Cc1ccccc1)NC(=O)CCP(=O)(O)CN1CCN(CC(=O)O)CCN(CC(=O)O)CC1)[C@@H](C)O)C(=O)O.[64Cu+2]. The van der Waals surface area contributed by atoms with E-state index in [1.165, 1.54) is 24.3 Å². The number of rotatable bonds is 39. The van der Waals surface area contributed by atoms with Crippen molar-refractivity contribution in [3.8, 4) is 5.75 Å². The van der Waals surface area contributed by atoms with Crippen molar-refractivity contribution >= 4 is 109 Å². The van der Waals surface area contributed by atoms with Crippen LogP contribution in [-0.2, 0) is 93.6 Å². The predicted molar refractivity (Wildman–Crippen MR) is 365 cm³/mol. The Balaban J connectivity index is 0.0000208. The summed E-state index contributed by atoms with van der Waals surface area (Å²) in [5.74, 6) is -12.5. The van der Waals surface area contributed by atoms with Gasteiger partial charge in [-0.3, -0.25) is 67.2 Å². The Morgan fingerprint density at radius 3 is 1.49 bits per heavy atom. The van der Waals surface area contributed by atoms with Gasteiger partial charge in [-0.05, 0) is 74.5 Å². The number of nitrogens with two attached hydrogens (primary N) is 1. The second-order valence-electron chi connectivity index (χ2n) is 23.9. The Kier molecular flexibility index (Phi) is 35.4. The number of phenolic OH excluding ortho intramolecular Hbond substituents is 1. The minimum atomic E-state index is -4.17. The molecular formula is C63H90CuN13O19PS2+2. The number of hydrogen-bond donors (Lipinski definition) is 19. The fourth-order valence-electron chi connectivity index (χ4n) is 10.6. The summed E-state index contributed by atoms with van der Waals surface area (Å²) >= 11 is 8.47. The number of carbonyl (C=O) groups is 11.